The van der Waals surface area contributed by atoms with Crippen LogP contribution in [0.25, 0.3) is 0 Å². The van der Waals surface area contributed by atoms with Crippen molar-refractivity contribution in [3.63, 3.8) is 0 Å². The first kappa shape index (κ1) is 21.1. The van der Waals surface area contributed by atoms with Gasteiger partial charge in [-0.3, -0.25) is 14.1 Å². The molecule has 0 heterocycles. The molecule has 0 fully saturated rings. The number of amides is 1. The second-order valence-corrected chi connectivity index (χ2v) is 5.89. The van der Waals surface area contributed by atoms with Crippen LogP contribution in [0.15, 0.2) is 0 Å². The molecule has 0 rings (SSSR count). The number of hydrogen-bond donors (Lipinski definition) is 3. The number of nitrogens with zero attached hydrogens (tertiary/aromatic N) is 1. The van der Waals surface area contributed by atoms with E-state index in [4.69, 9.17) is 22.6 Å². The summed E-state index contributed by atoms with van der Waals surface area (Å²) >= 11 is 0. The molecule has 0 aromatic rings. The Labute approximate surface area is 118 Å². The molecular formula is C10H22N2O7S. The molecule has 10 heteroatoms. The highest BCUT2D eigenvalue weighted by atomic mass is 32.3. The van der Waals surface area contributed by atoms with Crippen molar-refractivity contribution in [1.82, 2.24) is 5.32 Å². The molecule has 0 spiro atoms. The first-order valence-electron chi connectivity index (χ1n) is 5.78. The fourth-order valence-corrected chi connectivity index (χ4v) is 1.09. The lowest BCUT2D eigenvalue weighted by Gasteiger charge is -2.23. The van der Waals surface area contributed by atoms with Gasteiger partial charge in [0.05, 0.1) is 34.1 Å². The summed E-state index contributed by atoms with van der Waals surface area (Å²) in [5, 5.41) is 11.1. The second-order valence-electron chi connectivity index (χ2n) is 5.04. The molecule has 0 aromatic carbocycles. The molecule has 0 atom stereocenters. The maximum absolute atomic E-state index is 11.1. The molecule has 1 amide bonds. The largest absolute Gasteiger partial charge is 0.726 e. The molecule has 0 radical (unpaired) electrons. The molecule has 0 aliphatic heterocycles. The van der Waals surface area contributed by atoms with Crippen LogP contribution in [-0.2, 0) is 20.0 Å². The first-order chi connectivity index (χ1) is 8.81. The smallest absolute Gasteiger partial charge is 0.303 e. The number of rotatable bonds is 7. The van der Waals surface area contributed by atoms with E-state index in [0.717, 1.165) is 17.4 Å². The molecule has 20 heavy (non-hydrogen) atoms. The Hall–Kier alpha value is -1.23. The number of carbonyl (C=O) groups is 2. The number of nitrogens with one attached hydrogen (secondary N) is 1. The van der Waals surface area contributed by atoms with Crippen LogP contribution in [0.3, 0.4) is 0 Å². The molecule has 0 unspecified atom stereocenters. The van der Waals surface area contributed by atoms with E-state index in [1.54, 1.807) is 0 Å². The lowest BCUT2D eigenvalue weighted by Crippen LogP contribution is -2.37. The standard InChI is InChI=1S/C10H20N2O3.H2O4S/c1-12(2,3)8-4-7-11-9(13)5-6-10(14)15;1-5(2,3)4/h4-8H2,1-3H3,(H-,11,13,14,15);(H2,1,2,3,4). The van der Waals surface area contributed by atoms with Gasteiger partial charge in [0.25, 0.3) is 0 Å². The summed E-state index contributed by atoms with van der Waals surface area (Å²) in [6, 6.07) is 0. The van der Waals surface area contributed by atoms with Crippen molar-refractivity contribution in [3.05, 3.63) is 0 Å². The summed E-state index contributed by atoms with van der Waals surface area (Å²) in [5.74, 6) is -1.12. The quantitative estimate of drug-likeness (QED) is 0.238. The van der Waals surface area contributed by atoms with Gasteiger partial charge in [-0.15, -0.1) is 0 Å². The molecule has 0 saturated carbocycles. The summed E-state index contributed by atoms with van der Waals surface area (Å²) in [4.78, 5) is 21.3. The Morgan fingerprint density at radius 2 is 1.65 bits per heavy atom. The monoisotopic (exact) mass is 314 g/mol. The van der Waals surface area contributed by atoms with E-state index in [2.05, 4.69) is 26.5 Å². The molecule has 0 bridgehead atoms. The Morgan fingerprint density at radius 1 is 1.20 bits per heavy atom. The fourth-order valence-electron chi connectivity index (χ4n) is 1.09. The van der Waals surface area contributed by atoms with Gasteiger partial charge in [-0.1, -0.05) is 0 Å². The summed E-state index contributed by atoms with van der Waals surface area (Å²) in [6.07, 6.45) is 0.878. The maximum atomic E-state index is 11.1. The van der Waals surface area contributed by atoms with Gasteiger partial charge in [0.2, 0.25) is 16.3 Å². The number of carboxylic acids is 1. The summed E-state index contributed by atoms with van der Waals surface area (Å²) < 4.78 is 33.7. The van der Waals surface area contributed by atoms with Crippen LogP contribution in [-0.4, -0.2) is 73.2 Å². The third-order valence-electron chi connectivity index (χ3n) is 1.89. The van der Waals surface area contributed by atoms with Crippen LogP contribution in [0.1, 0.15) is 19.3 Å². The van der Waals surface area contributed by atoms with Crippen LogP contribution >= 0.6 is 0 Å². The second kappa shape index (κ2) is 9.64. The van der Waals surface area contributed by atoms with Crippen LogP contribution in [0.2, 0.25) is 0 Å². The normalized spacial score (nSPS) is 11.2. The third kappa shape index (κ3) is 30.1. The summed E-state index contributed by atoms with van der Waals surface area (Å²) in [6.45, 7) is 1.60. The highest BCUT2D eigenvalue weighted by Gasteiger charge is 2.07. The molecule has 0 saturated heterocycles. The van der Waals surface area contributed by atoms with E-state index in [9.17, 15) is 9.59 Å². The Kier molecular flexibility index (Phi) is 10.2. The molecule has 0 aromatic heterocycles. The van der Waals surface area contributed by atoms with E-state index in [0.29, 0.717) is 6.54 Å². The molecule has 3 N–H and O–H groups in total. The zero-order valence-electron chi connectivity index (χ0n) is 11.8. The van der Waals surface area contributed by atoms with E-state index < -0.39 is 16.4 Å². The number of carbonyl (C=O) groups excluding carboxylic acids is 1. The predicted molar refractivity (Wildman–Crippen MR) is 69.7 cm³/mol. The van der Waals surface area contributed by atoms with Crippen molar-refractivity contribution in [2.45, 2.75) is 19.3 Å². The summed E-state index contributed by atoms with van der Waals surface area (Å²) in [7, 11) is 1.35. The zero-order chi connectivity index (χ0) is 16.4. The van der Waals surface area contributed by atoms with Gasteiger partial charge >= 0.3 is 5.97 Å². The van der Waals surface area contributed by atoms with E-state index in [1.807, 2.05) is 0 Å². The Balaban J connectivity index is 0. The fraction of sp³-hybridized carbons (Fsp3) is 0.800. The number of hydrogen-bond acceptors (Lipinski definition) is 5. The van der Waals surface area contributed by atoms with Crippen LogP contribution in [0, 0.1) is 0 Å². The van der Waals surface area contributed by atoms with Crippen molar-refractivity contribution in [2.24, 2.45) is 0 Å². The first-order valence-corrected chi connectivity index (χ1v) is 7.15. The molecule has 0 aliphatic rings. The van der Waals surface area contributed by atoms with Crippen molar-refractivity contribution in [3.8, 4) is 0 Å². The Morgan fingerprint density at radius 3 is 2.00 bits per heavy atom. The zero-order valence-corrected chi connectivity index (χ0v) is 12.6. The van der Waals surface area contributed by atoms with E-state index in [-0.39, 0.29) is 18.7 Å². The van der Waals surface area contributed by atoms with Crippen molar-refractivity contribution in [1.29, 1.82) is 0 Å². The highest BCUT2D eigenvalue weighted by molar-refractivity contribution is 7.79. The van der Waals surface area contributed by atoms with Gasteiger partial charge in [-0.25, -0.2) is 8.42 Å². The molecule has 9 nitrogen and oxygen atoms in total. The SMILES string of the molecule is C[N+](C)(C)CCCNC(=O)CCC(=O)O.O=S(=O)([O-])O. The van der Waals surface area contributed by atoms with Crippen molar-refractivity contribution in [2.75, 3.05) is 34.2 Å². The van der Waals surface area contributed by atoms with E-state index in [1.165, 1.54) is 0 Å². The van der Waals surface area contributed by atoms with Crippen molar-refractivity contribution < 1.29 is 36.7 Å². The average molecular weight is 314 g/mol. The van der Waals surface area contributed by atoms with Gasteiger partial charge in [-0.05, 0) is 0 Å². The molecular weight excluding hydrogens is 292 g/mol. The number of carboxylic acid groups (broad SMARTS) is 1. The molecule has 0 aliphatic carbocycles. The van der Waals surface area contributed by atoms with Gasteiger partial charge in [-0.2, -0.15) is 0 Å². The number of aliphatic carboxylic acids is 1. The van der Waals surface area contributed by atoms with E-state index >= 15 is 0 Å². The third-order valence-corrected chi connectivity index (χ3v) is 1.89. The maximum Gasteiger partial charge on any atom is 0.303 e. The van der Waals surface area contributed by atoms with Gasteiger partial charge in [0.15, 0.2) is 0 Å². The highest BCUT2D eigenvalue weighted by Crippen LogP contribution is 1.93. The topological polar surface area (TPSA) is 144 Å². The minimum atomic E-state index is -4.92. The lowest BCUT2D eigenvalue weighted by molar-refractivity contribution is -0.870. The van der Waals surface area contributed by atoms with Crippen LogP contribution in [0.5, 0.6) is 0 Å². The minimum absolute atomic E-state index is 0.0692. The van der Waals surface area contributed by atoms with Gasteiger partial charge in [0, 0.05) is 19.4 Å². The summed E-state index contributed by atoms with van der Waals surface area (Å²) in [5.41, 5.74) is 0. The van der Waals surface area contributed by atoms with Gasteiger partial charge < -0.3 is 19.5 Å². The van der Waals surface area contributed by atoms with Crippen molar-refractivity contribution >= 4 is 22.3 Å². The lowest BCUT2D eigenvalue weighted by atomic mass is 10.3. The predicted octanol–water partition coefficient (Wildman–Crippen LogP) is -0.932. The minimum Gasteiger partial charge on any atom is -0.726 e. The Bertz CT molecular complexity index is 392. The van der Waals surface area contributed by atoms with Crippen LogP contribution < -0.4 is 5.32 Å². The number of quaternary nitrogens is 1. The average Bonchev–Trinajstić information content (AvgIpc) is 2.17. The van der Waals surface area contributed by atoms with Crippen LogP contribution in [0.4, 0.5) is 0 Å². The van der Waals surface area contributed by atoms with Gasteiger partial charge in [0.1, 0.15) is 0 Å². The molecule has 120 valence electrons.